The van der Waals surface area contributed by atoms with E-state index in [4.69, 9.17) is 4.74 Å². The van der Waals surface area contributed by atoms with E-state index < -0.39 is 0 Å². The number of methoxy groups -OCH3 is 1. The Balaban J connectivity index is 1.87. The molecule has 0 radical (unpaired) electrons. The minimum atomic E-state index is -0.143. The van der Waals surface area contributed by atoms with Gasteiger partial charge in [0.15, 0.2) is 16.5 Å². The molecule has 0 saturated heterocycles. The molecule has 1 heterocycles. The number of hydrogen-bond acceptors (Lipinski definition) is 5. The maximum absolute atomic E-state index is 12.3. The van der Waals surface area contributed by atoms with Crippen LogP contribution in [0.2, 0.25) is 0 Å². The zero-order chi connectivity index (χ0) is 16.4. The Morgan fingerprint density at radius 1 is 1.30 bits per heavy atom. The first kappa shape index (κ1) is 15.2. The number of phenolic OH excluding ortho intramolecular Hbond substituents is 1. The lowest BCUT2D eigenvalue weighted by molar-refractivity contribution is 0.104. The average molecular weight is 325 g/mol. The average Bonchev–Trinajstić information content (AvgIpc) is 2.99. The van der Waals surface area contributed by atoms with Crippen LogP contribution in [0.25, 0.3) is 16.3 Å². The number of carbonyl (C=O) groups excluding carboxylic acids is 1. The highest BCUT2D eigenvalue weighted by molar-refractivity contribution is 7.20. The van der Waals surface area contributed by atoms with Crippen molar-refractivity contribution in [3.8, 4) is 11.5 Å². The molecule has 0 spiro atoms. The van der Waals surface area contributed by atoms with Crippen molar-refractivity contribution in [2.75, 3.05) is 7.11 Å². The van der Waals surface area contributed by atoms with Crippen LogP contribution < -0.4 is 4.74 Å². The minimum absolute atomic E-state index is 0.113. The van der Waals surface area contributed by atoms with Crippen molar-refractivity contribution >= 4 is 33.4 Å². The first-order valence-electron chi connectivity index (χ1n) is 7.04. The summed E-state index contributed by atoms with van der Waals surface area (Å²) in [5.74, 6) is 0.357. The molecule has 116 valence electrons. The molecule has 1 N–H and O–H groups in total. The number of aryl methyl sites for hydroxylation is 1. The minimum Gasteiger partial charge on any atom is -0.504 e. The molecule has 0 atom stereocenters. The van der Waals surface area contributed by atoms with Gasteiger partial charge in [-0.15, -0.1) is 11.3 Å². The molecule has 3 aromatic rings. The summed E-state index contributed by atoms with van der Waals surface area (Å²) in [5.41, 5.74) is 2.31. The van der Waals surface area contributed by atoms with Crippen molar-refractivity contribution in [1.82, 2.24) is 4.98 Å². The van der Waals surface area contributed by atoms with Gasteiger partial charge in [-0.05, 0) is 48.4 Å². The Labute approximate surface area is 137 Å². The molecule has 0 bridgehead atoms. The van der Waals surface area contributed by atoms with Gasteiger partial charge < -0.3 is 9.84 Å². The maximum atomic E-state index is 12.3. The third-order valence-corrected chi connectivity index (χ3v) is 4.49. The van der Waals surface area contributed by atoms with Gasteiger partial charge in [0.05, 0.1) is 17.3 Å². The number of phenols is 1. The van der Waals surface area contributed by atoms with Gasteiger partial charge >= 0.3 is 0 Å². The van der Waals surface area contributed by atoms with Crippen LogP contribution in [0, 0.1) is 6.92 Å². The molecule has 1 aromatic heterocycles. The molecule has 0 amide bonds. The predicted molar refractivity (Wildman–Crippen MR) is 92.4 cm³/mol. The van der Waals surface area contributed by atoms with Gasteiger partial charge in [-0.25, -0.2) is 4.98 Å². The standard InChI is InChI=1S/C18H15NO3S/c1-11-9-12(10-15(22-2)17(11)21)7-8-14(20)18-19-13-5-3-4-6-16(13)23-18/h3-10,21H,1-2H3. The number of aromatic nitrogens is 1. The van der Waals surface area contributed by atoms with Gasteiger partial charge in [0.1, 0.15) is 0 Å². The van der Waals surface area contributed by atoms with Crippen LogP contribution in [-0.2, 0) is 0 Å². The van der Waals surface area contributed by atoms with Crippen LogP contribution in [-0.4, -0.2) is 23.0 Å². The van der Waals surface area contributed by atoms with E-state index in [1.165, 1.54) is 24.5 Å². The van der Waals surface area contributed by atoms with Gasteiger partial charge in [-0.3, -0.25) is 4.79 Å². The lowest BCUT2D eigenvalue weighted by Gasteiger charge is -2.07. The second-order valence-corrected chi connectivity index (χ2v) is 6.10. The van der Waals surface area contributed by atoms with Crippen LogP contribution in [0.4, 0.5) is 0 Å². The Kier molecular flexibility index (Phi) is 4.12. The smallest absolute Gasteiger partial charge is 0.214 e. The predicted octanol–water partition coefficient (Wildman–Crippen LogP) is 4.22. The topological polar surface area (TPSA) is 59.4 Å². The van der Waals surface area contributed by atoms with E-state index in [9.17, 15) is 9.90 Å². The number of nitrogens with zero attached hydrogens (tertiary/aromatic N) is 1. The van der Waals surface area contributed by atoms with E-state index in [0.29, 0.717) is 16.3 Å². The summed E-state index contributed by atoms with van der Waals surface area (Å²) in [6.07, 6.45) is 3.19. The second-order valence-electron chi connectivity index (χ2n) is 5.07. The van der Waals surface area contributed by atoms with Crippen molar-refractivity contribution in [2.45, 2.75) is 6.92 Å². The number of ketones is 1. The van der Waals surface area contributed by atoms with E-state index >= 15 is 0 Å². The molecule has 23 heavy (non-hydrogen) atoms. The zero-order valence-corrected chi connectivity index (χ0v) is 13.6. The van der Waals surface area contributed by atoms with E-state index in [1.807, 2.05) is 24.3 Å². The normalized spacial score (nSPS) is 11.2. The molecule has 0 aliphatic rings. The second kappa shape index (κ2) is 6.22. The largest absolute Gasteiger partial charge is 0.504 e. The van der Waals surface area contributed by atoms with Crippen molar-refractivity contribution < 1.29 is 14.6 Å². The number of hydrogen-bond donors (Lipinski definition) is 1. The van der Waals surface area contributed by atoms with Crippen molar-refractivity contribution in [3.63, 3.8) is 0 Å². The maximum Gasteiger partial charge on any atom is 0.214 e. The number of benzene rings is 2. The number of rotatable bonds is 4. The number of carbonyl (C=O) groups is 1. The highest BCUT2D eigenvalue weighted by Gasteiger charge is 2.10. The van der Waals surface area contributed by atoms with Crippen LogP contribution in [0.15, 0.2) is 42.5 Å². The van der Waals surface area contributed by atoms with Gasteiger partial charge in [0.25, 0.3) is 0 Å². The molecule has 2 aromatic carbocycles. The van der Waals surface area contributed by atoms with E-state index in [-0.39, 0.29) is 11.5 Å². The Morgan fingerprint density at radius 2 is 2.09 bits per heavy atom. The number of thiazole rings is 1. The Bertz CT molecular complexity index is 879. The summed E-state index contributed by atoms with van der Waals surface area (Å²) in [5, 5.41) is 10.3. The summed E-state index contributed by atoms with van der Waals surface area (Å²) in [4.78, 5) is 16.6. The fourth-order valence-corrected chi connectivity index (χ4v) is 3.13. The van der Waals surface area contributed by atoms with Crippen LogP contribution in [0.1, 0.15) is 20.9 Å². The van der Waals surface area contributed by atoms with E-state index in [0.717, 1.165) is 15.8 Å². The Morgan fingerprint density at radius 3 is 2.83 bits per heavy atom. The number of allylic oxidation sites excluding steroid dienone is 1. The molecule has 4 nitrogen and oxygen atoms in total. The lowest BCUT2D eigenvalue weighted by atomic mass is 10.1. The summed E-state index contributed by atoms with van der Waals surface area (Å²) in [7, 11) is 1.49. The molecule has 0 aliphatic heterocycles. The number of para-hydroxylation sites is 1. The lowest BCUT2D eigenvalue weighted by Crippen LogP contribution is -1.92. The van der Waals surface area contributed by atoms with Gasteiger partial charge in [0.2, 0.25) is 5.78 Å². The highest BCUT2D eigenvalue weighted by Crippen LogP contribution is 2.31. The SMILES string of the molecule is COc1cc(C=CC(=O)c2nc3ccccc3s2)cc(C)c1O. The van der Waals surface area contributed by atoms with Crippen molar-refractivity contribution in [1.29, 1.82) is 0 Å². The fraction of sp³-hybridized carbons (Fsp3) is 0.111. The van der Waals surface area contributed by atoms with Crippen LogP contribution >= 0.6 is 11.3 Å². The van der Waals surface area contributed by atoms with Crippen LogP contribution in [0.5, 0.6) is 11.5 Å². The molecule has 0 unspecified atom stereocenters. The third kappa shape index (κ3) is 3.10. The number of ether oxygens (including phenoxy) is 1. The van der Waals surface area contributed by atoms with Crippen molar-refractivity contribution in [2.24, 2.45) is 0 Å². The molecule has 0 aliphatic carbocycles. The summed E-state index contributed by atoms with van der Waals surface area (Å²) < 4.78 is 6.11. The summed E-state index contributed by atoms with van der Waals surface area (Å²) in [6.45, 7) is 1.78. The monoisotopic (exact) mass is 325 g/mol. The zero-order valence-electron chi connectivity index (χ0n) is 12.7. The number of fused-ring (bicyclic) bond motifs is 1. The molecular weight excluding hydrogens is 310 g/mol. The fourth-order valence-electron chi connectivity index (χ4n) is 2.25. The first-order valence-corrected chi connectivity index (χ1v) is 7.85. The van der Waals surface area contributed by atoms with Gasteiger partial charge in [-0.1, -0.05) is 18.2 Å². The van der Waals surface area contributed by atoms with E-state index in [2.05, 4.69) is 4.98 Å². The highest BCUT2D eigenvalue weighted by atomic mass is 32.1. The third-order valence-electron chi connectivity index (χ3n) is 3.44. The van der Waals surface area contributed by atoms with E-state index in [1.54, 1.807) is 25.1 Å². The van der Waals surface area contributed by atoms with Gasteiger partial charge in [0, 0.05) is 0 Å². The molecular formula is C18H15NO3S. The molecule has 0 saturated carbocycles. The quantitative estimate of drug-likeness (QED) is 0.576. The number of aromatic hydroxyl groups is 1. The molecule has 0 fully saturated rings. The summed E-state index contributed by atoms with van der Waals surface area (Å²) >= 11 is 1.38. The molecule has 5 heteroatoms. The summed E-state index contributed by atoms with van der Waals surface area (Å²) in [6, 6.07) is 11.1. The molecule has 3 rings (SSSR count). The first-order chi connectivity index (χ1) is 11.1. The van der Waals surface area contributed by atoms with Crippen molar-refractivity contribution in [3.05, 3.63) is 58.6 Å². The van der Waals surface area contributed by atoms with Crippen LogP contribution in [0.3, 0.4) is 0 Å². The Hall–Kier alpha value is -2.66. The van der Waals surface area contributed by atoms with Gasteiger partial charge in [-0.2, -0.15) is 0 Å².